The molecule has 1 aliphatic heterocycles. The number of carbonyl (C=O) groups excluding carboxylic acids is 2. The second kappa shape index (κ2) is 7.29. The number of halogens is 1. The molecule has 0 unspecified atom stereocenters. The summed E-state index contributed by atoms with van der Waals surface area (Å²) >= 11 is 6.33. The van der Waals surface area contributed by atoms with Crippen molar-refractivity contribution >= 4 is 51.4 Å². The van der Waals surface area contributed by atoms with Crippen LogP contribution in [0.25, 0.3) is 10.8 Å². The van der Waals surface area contributed by atoms with Gasteiger partial charge in [0, 0.05) is 24.0 Å². The number of nitrogens with zero attached hydrogens (tertiary/aromatic N) is 1. The molecular formula is C21H18ClN3O2. The van der Waals surface area contributed by atoms with E-state index in [0.29, 0.717) is 29.4 Å². The Labute approximate surface area is 161 Å². The second-order valence-electron chi connectivity index (χ2n) is 6.42. The summed E-state index contributed by atoms with van der Waals surface area (Å²) in [7, 11) is 0. The van der Waals surface area contributed by atoms with Crippen LogP contribution in [0.5, 0.6) is 0 Å². The third-order valence-corrected chi connectivity index (χ3v) is 4.91. The predicted molar refractivity (Wildman–Crippen MR) is 110 cm³/mol. The first-order valence-corrected chi connectivity index (χ1v) is 9.15. The normalized spacial score (nSPS) is 13.8. The topological polar surface area (TPSA) is 61.4 Å². The second-order valence-corrected chi connectivity index (χ2v) is 6.83. The van der Waals surface area contributed by atoms with Gasteiger partial charge < -0.3 is 15.5 Å². The first-order chi connectivity index (χ1) is 13.1. The van der Waals surface area contributed by atoms with Gasteiger partial charge in [-0.3, -0.25) is 4.79 Å². The van der Waals surface area contributed by atoms with Crippen LogP contribution in [0.15, 0.2) is 60.7 Å². The summed E-state index contributed by atoms with van der Waals surface area (Å²) in [6.07, 6.45) is 1.38. The number of urea groups is 1. The van der Waals surface area contributed by atoms with E-state index in [0.717, 1.165) is 22.9 Å². The fourth-order valence-electron chi connectivity index (χ4n) is 3.33. The van der Waals surface area contributed by atoms with Crippen LogP contribution in [-0.2, 0) is 4.79 Å². The van der Waals surface area contributed by atoms with Crippen LogP contribution in [-0.4, -0.2) is 18.5 Å². The Morgan fingerprint density at radius 1 is 1.00 bits per heavy atom. The maximum Gasteiger partial charge on any atom is 0.323 e. The molecule has 0 bridgehead atoms. The molecule has 3 aromatic carbocycles. The summed E-state index contributed by atoms with van der Waals surface area (Å²) in [5, 5.41) is 8.12. The Bertz CT molecular complexity index is 1030. The Morgan fingerprint density at radius 3 is 2.59 bits per heavy atom. The molecule has 0 saturated carbocycles. The van der Waals surface area contributed by atoms with Crippen LogP contribution >= 0.6 is 11.6 Å². The monoisotopic (exact) mass is 379 g/mol. The Kier molecular flexibility index (Phi) is 4.69. The molecule has 27 heavy (non-hydrogen) atoms. The lowest BCUT2D eigenvalue weighted by Gasteiger charge is -2.18. The smallest absolute Gasteiger partial charge is 0.311 e. The van der Waals surface area contributed by atoms with Crippen LogP contribution in [0.1, 0.15) is 12.8 Å². The summed E-state index contributed by atoms with van der Waals surface area (Å²) < 4.78 is 0. The van der Waals surface area contributed by atoms with Crippen molar-refractivity contribution < 1.29 is 9.59 Å². The molecule has 1 saturated heterocycles. The molecule has 0 aliphatic carbocycles. The average molecular weight is 380 g/mol. The van der Waals surface area contributed by atoms with Crippen molar-refractivity contribution in [1.82, 2.24) is 0 Å². The first kappa shape index (κ1) is 17.4. The van der Waals surface area contributed by atoms with Crippen molar-refractivity contribution in [3.8, 4) is 0 Å². The summed E-state index contributed by atoms with van der Waals surface area (Å²) in [6, 6.07) is 18.4. The number of rotatable bonds is 3. The third kappa shape index (κ3) is 3.59. The minimum atomic E-state index is -0.354. The van der Waals surface area contributed by atoms with Gasteiger partial charge in [0.1, 0.15) is 0 Å². The van der Waals surface area contributed by atoms with Crippen LogP contribution in [0.3, 0.4) is 0 Å². The quantitative estimate of drug-likeness (QED) is 0.651. The molecule has 1 heterocycles. The standard InChI is InChI=1S/C21H18ClN3O2/c22-17-13-15(10-11-19(17)25-12-4-9-20(25)26)23-21(27)24-18-8-3-6-14-5-1-2-7-16(14)18/h1-3,5-8,10-11,13H,4,9,12H2,(H2,23,24,27). The van der Waals surface area contributed by atoms with Gasteiger partial charge in [0.05, 0.1) is 16.4 Å². The zero-order chi connectivity index (χ0) is 18.8. The first-order valence-electron chi connectivity index (χ1n) is 8.77. The number of hydrogen-bond acceptors (Lipinski definition) is 2. The molecule has 6 heteroatoms. The van der Waals surface area contributed by atoms with E-state index in [-0.39, 0.29) is 11.9 Å². The number of hydrogen-bond donors (Lipinski definition) is 2. The number of anilines is 3. The number of benzene rings is 3. The van der Waals surface area contributed by atoms with Gasteiger partial charge in [0.25, 0.3) is 0 Å². The SMILES string of the molecule is O=C(Nc1ccc(N2CCCC2=O)c(Cl)c1)Nc1cccc2ccccc12. The molecule has 5 nitrogen and oxygen atoms in total. The fraction of sp³-hybridized carbons (Fsp3) is 0.143. The van der Waals surface area contributed by atoms with E-state index in [1.807, 2.05) is 42.5 Å². The lowest BCUT2D eigenvalue weighted by atomic mass is 10.1. The molecule has 0 radical (unpaired) electrons. The van der Waals surface area contributed by atoms with Gasteiger partial charge in [0.2, 0.25) is 5.91 Å². The highest BCUT2D eigenvalue weighted by molar-refractivity contribution is 6.34. The molecule has 3 amide bonds. The van der Waals surface area contributed by atoms with Gasteiger partial charge >= 0.3 is 6.03 Å². The molecular weight excluding hydrogens is 362 g/mol. The highest BCUT2D eigenvalue weighted by Crippen LogP contribution is 2.32. The molecule has 1 aliphatic rings. The van der Waals surface area contributed by atoms with E-state index in [2.05, 4.69) is 10.6 Å². The lowest BCUT2D eigenvalue weighted by molar-refractivity contribution is -0.117. The molecule has 1 fully saturated rings. The van der Waals surface area contributed by atoms with Gasteiger partial charge in [-0.25, -0.2) is 4.79 Å². The van der Waals surface area contributed by atoms with Crippen LogP contribution < -0.4 is 15.5 Å². The molecule has 2 N–H and O–H groups in total. The van der Waals surface area contributed by atoms with Gasteiger partial charge in [-0.2, -0.15) is 0 Å². The van der Waals surface area contributed by atoms with Crippen molar-refractivity contribution in [2.24, 2.45) is 0 Å². The van der Waals surface area contributed by atoms with Gasteiger partial charge in [-0.15, -0.1) is 0 Å². The molecule has 0 atom stereocenters. The predicted octanol–water partition coefficient (Wildman–Crippen LogP) is 5.26. The van der Waals surface area contributed by atoms with Crippen molar-refractivity contribution in [2.45, 2.75) is 12.8 Å². The van der Waals surface area contributed by atoms with E-state index >= 15 is 0 Å². The maximum atomic E-state index is 12.4. The lowest BCUT2D eigenvalue weighted by Crippen LogP contribution is -2.24. The van der Waals surface area contributed by atoms with Crippen LogP contribution in [0.2, 0.25) is 5.02 Å². The number of nitrogens with one attached hydrogen (secondary N) is 2. The van der Waals surface area contributed by atoms with Crippen LogP contribution in [0, 0.1) is 0 Å². The number of carbonyl (C=O) groups is 2. The molecule has 136 valence electrons. The van der Waals surface area contributed by atoms with Crippen molar-refractivity contribution in [1.29, 1.82) is 0 Å². The van der Waals surface area contributed by atoms with Gasteiger partial charge in [-0.05, 0) is 36.1 Å². The average Bonchev–Trinajstić information content (AvgIpc) is 3.08. The largest absolute Gasteiger partial charge is 0.323 e. The highest BCUT2D eigenvalue weighted by Gasteiger charge is 2.23. The highest BCUT2D eigenvalue weighted by atomic mass is 35.5. The minimum absolute atomic E-state index is 0.0753. The van der Waals surface area contributed by atoms with Crippen LogP contribution in [0.4, 0.5) is 21.9 Å². The Balaban J connectivity index is 1.49. The van der Waals surface area contributed by atoms with E-state index in [1.165, 1.54) is 0 Å². The summed E-state index contributed by atoms with van der Waals surface area (Å²) in [5.74, 6) is 0.0753. The molecule has 3 aromatic rings. The fourth-order valence-corrected chi connectivity index (χ4v) is 3.61. The summed E-state index contributed by atoms with van der Waals surface area (Å²) in [6.45, 7) is 0.674. The molecule has 0 aromatic heterocycles. The zero-order valence-electron chi connectivity index (χ0n) is 14.5. The van der Waals surface area contributed by atoms with E-state index in [1.54, 1.807) is 23.1 Å². The van der Waals surface area contributed by atoms with Crippen molar-refractivity contribution in [3.05, 3.63) is 65.7 Å². The summed E-state index contributed by atoms with van der Waals surface area (Å²) in [4.78, 5) is 26.0. The van der Waals surface area contributed by atoms with E-state index < -0.39 is 0 Å². The van der Waals surface area contributed by atoms with Gasteiger partial charge in [-0.1, -0.05) is 48.0 Å². The number of amides is 3. The van der Waals surface area contributed by atoms with E-state index in [4.69, 9.17) is 11.6 Å². The molecule has 4 rings (SSSR count). The third-order valence-electron chi connectivity index (χ3n) is 4.61. The van der Waals surface area contributed by atoms with Crippen molar-refractivity contribution in [2.75, 3.05) is 22.1 Å². The minimum Gasteiger partial charge on any atom is -0.311 e. The maximum absolute atomic E-state index is 12.4. The molecule has 0 spiro atoms. The van der Waals surface area contributed by atoms with Crippen molar-refractivity contribution in [3.63, 3.8) is 0 Å². The Morgan fingerprint density at radius 2 is 1.81 bits per heavy atom. The summed E-state index contributed by atoms with van der Waals surface area (Å²) in [5.41, 5.74) is 1.98. The zero-order valence-corrected chi connectivity index (χ0v) is 15.3. The Hall–Kier alpha value is -3.05. The van der Waals surface area contributed by atoms with Gasteiger partial charge in [0.15, 0.2) is 0 Å². The number of fused-ring (bicyclic) bond motifs is 1. The van der Waals surface area contributed by atoms with E-state index in [9.17, 15) is 9.59 Å².